The largest absolute Gasteiger partial charge is 0.497 e. The fourth-order valence-corrected chi connectivity index (χ4v) is 3.32. The molecule has 5 nitrogen and oxygen atoms in total. The molecule has 0 saturated heterocycles. The van der Waals surface area contributed by atoms with E-state index in [0.29, 0.717) is 38.3 Å². The van der Waals surface area contributed by atoms with Crippen molar-refractivity contribution in [3.05, 3.63) is 82.3 Å². The van der Waals surface area contributed by atoms with Crippen LogP contribution in [-0.2, 0) is 4.79 Å². The Balaban J connectivity index is 1.50. The number of rotatable bonds is 5. The summed E-state index contributed by atoms with van der Waals surface area (Å²) in [5.74, 6) is 0.955. The first-order valence-electron chi connectivity index (χ1n) is 9.01. The van der Waals surface area contributed by atoms with Gasteiger partial charge in [0.25, 0.3) is 0 Å². The second-order valence-electron chi connectivity index (χ2n) is 6.42. The molecule has 1 amide bonds. The van der Waals surface area contributed by atoms with E-state index >= 15 is 0 Å². The number of carbonyl (C=O) groups is 1. The maximum absolute atomic E-state index is 12.3. The van der Waals surface area contributed by atoms with Crippen LogP contribution >= 0.6 is 23.2 Å². The number of hydrogen-bond acceptors (Lipinski definition) is 4. The molecule has 0 saturated carbocycles. The molecule has 1 heterocycles. The second kappa shape index (κ2) is 8.61. The van der Waals surface area contributed by atoms with Crippen molar-refractivity contribution >= 4 is 52.0 Å². The van der Waals surface area contributed by atoms with Crippen molar-refractivity contribution in [1.29, 1.82) is 0 Å². The van der Waals surface area contributed by atoms with Crippen LogP contribution in [0.4, 0.5) is 5.69 Å². The van der Waals surface area contributed by atoms with Gasteiger partial charge in [0.1, 0.15) is 11.3 Å². The van der Waals surface area contributed by atoms with Crippen LogP contribution in [0.25, 0.3) is 28.6 Å². The van der Waals surface area contributed by atoms with Crippen LogP contribution < -0.4 is 10.1 Å². The van der Waals surface area contributed by atoms with E-state index in [2.05, 4.69) is 10.3 Å². The van der Waals surface area contributed by atoms with Gasteiger partial charge in [-0.05, 0) is 60.2 Å². The first-order chi connectivity index (χ1) is 14.5. The van der Waals surface area contributed by atoms with Gasteiger partial charge < -0.3 is 14.5 Å². The number of hydrogen-bond donors (Lipinski definition) is 1. The van der Waals surface area contributed by atoms with Crippen molar-refractivity contribution in [2.24, 2.45) is 0 Å². The van der Waals surface area contributed by atoms with E-state index in [1.165, 1.54) is 6.08 Å². The van der Waals surface area contributed by atoms with Crippen LogP contribution in [-0.4, -0.2) is 18.0 Å². The van der Waals surface area contributed by atoms with E-state index in [1.807, 2.05) is 24.3 Å². The van der Waals surface area contributed by atoms with Gasteiger partial charge in [0.15, 0.2) is 5.58 Å². The summed E-state index contributed by atoms with van der Waals surface area (Å²) in [7, 11) is 1.61. The summed E-state index contributed by atoms with van der Waals surface area (Å²) in [6.45, 7) is 0. The highest BCUT2D eigenvalue weighted by Gasteiger charge is 2.10. The summed E-state index contributed by atoms with van der Waals surface area (Å²) in [6.07, 6.45) is 3.03. The molecule has 4 rings (SSSR count). The minimum absolute atomic E-state index is 0.296. The number of fused-ring (bicyclic) bond motifs is 1. The number of methoxy groups -OCH3 is 1. The summed E-state index contributed by atoms with van der Waals surface area (Å²) in [5.41, 5.74) is 3.40. The van der Waals surface area contributed by atoms with Crippen molar-refractivity contribution in [2.45, 2.75) is 0 Å². The Morgan fingerprint density at radius 1 is 1.07 bits per heavy atom. The van der Waals surface area contributed by atoms with Crippen molar-refractivity contribution in [1.82, 2.24) is 4.98 Å². The number of halogens is 2. The van der Waals surface area contributed by atoms with Gasteiger partial charge in [-0.15, -0.1) is 0 Å². The Hall–Kier alpha value is -3.28. The molecule has 0 radical (unpaired) electrons. The summed E-state index contributed by atoms with van der Waals surface area (Å²) >= 11 is 12.0. The Morgan fingerprint density at radius 3 is 2.60 bits per heavy atom. The fourth-order valence-electron chi connectivity index (χ4n) is 2.85. The molecule has 0 aliphatic carbocycles. The van der Waals surface area contributed by atoms with Crippen molar-refractivity contribution in [3.8, 4) is 17.2 Å². The average Bonchev–Trinajstić information content (AvgIpc) is 3.16. The molecular formula is C23H16Cl2N2O3. The smallest absolute Gasteiger partial charge is 0.248 e. The number of nitrogens with zero attached hydrogens (tertiary/aromatic N) is 1. The number of oxazole rings is 1. The Kier molecular flexibility index (Phi) is 5.74. The van der Waals surface area contributed by atoms with E-state index in [-0.39, 0.29) is 5.91 Å². The number of ether oxygens (including phenoxy) is 1. The molecule has 4 aromatic rings. The molecule has 0 bridgehead atoms. The number of nitrogens with one attached hydrogen (secondary N) is 1. The van der Waals surface area contributed by atoms with Crippen molar-refractivity contribution in [2.75, 3.05) is 12.4 Å². The number of benzene rings is 3. The minimum Gasteiger partial charge on any atom is -0.497 e. The molecule has 3 aromatic carbocycles. The molecule has 0 spiro atoms. The predicted octanol–water partition coefficient (Wildman–Crippen LogP) is 6.46. The molecule has 30 heavy (non-hydrogen) atoms. The Morgan fingerprint density at radius 2 is 1.87 bits per heavy atom. The van der Waals surface area contributed by atoms with Gasteiger partial charge in [-0.2, -0.15) is 0 Å². The van der Waals surface area contributed by atoms with E-state index in [0.717, 1.165) is 11.3 Å². The van der Waals surface area contributed by atoms with E-state index in [9.17, 15) is 4.79 Å². The van der Waals surface area contributed by atoms with Crippen LogP contribution in [0.15, 0.2) is 71.2 Å². The number of carbonyl (C=O) groups excluding carboxylic acids is 1. The average molecular weight is 439 g/mol. The predicted molar refractivity (Wildman–Crippen MR) is 120 cm³/mol. The lowest BCUT2D eigenvalue weighted by molar-refractivity contribution is -0.111. The van der Waals surface area contributed by atoms with Gasteiger partial charge in [0.05, 0.1) is 7.11 Å². The first kappa shape index (κ1) is 20.0. The lowest BCUT2D eigenvalue weighted by atomic mass is 10.2. The third-order valence-corrected chi connectivity index (χ3v) is 4.93. The maximum Gasteiger partial charge on any atom is 0.248 e. The molecular weight excluding hydrogens is 423 g/mol. The third kappa shape index (κ3) is 4.48. The van der Waals surface area contributed by atoms with Gasteiger partial charge in [0, 0.05) is 33.4 Å². The highest BCUT2D eigenvalue weighted by molar-refractivity contribution is 6.35. The quantitative estimate of drug-likeness (QED) is 0.363. The lowest BCUT2D eigenvalue weighted by Gasteiger charge is -2.02. The van der Waals surface area contributed by atoms with Crippen LogP contribution in [0.1, 0.15) is 5.56 Å². The topological polar surface area (TPSA) is 64.4 Å². The number of anilines is 1. The lowest BCUT2D eigenvalue weighted by Crippen LogP contribution is -2.07. The highest BCUT2D eigenvalue weighted by Crippen LogP contribution is 2.28. The van der Waals surface area contributed by atoms with Crippen molar-refractivity contribution in [3.63, 3.8) is 0 Å². The fraction of sp³-hybridized carbons (Fsp3) is 0.0435. The highest BCUT2D eigenvalue weighted by atomic mass is 35.5. The maximum atomic E-state index is 12.3. The summed E-state index contributed by atoms with van der Waals surface area (Å²) < 4.78 is 11.0. The van der Waals surface area contributed by atoms with Gasteiger partial charge in [0.2, 0.25) is 11.8 Å². The third-order valence-electron chi connectivity index (χ3n) is 4.37. The molecule has 1 N–H and O–H groups in total. The zero-order valence-corrected chi connectivity index (χ0v) is 17.4. The van der Waals surface area contributed by atoms with Gasteiger partial charge in [-0.25, -0.2) is 4.98 Å². The molecule has 0 atom stereocenters. The number of aromatic nitrogens is 1. The van der Waals surface area contributed by atoms with Crippen molar-refractivity contribution < 1.29 is 13.9 Å². The Bertz CT molecular complexity index is 1250. The van der Waals surface area contributed by atoms with Crippen LogP contribution in [0, 0.1) is 0 Å². The zero-order valence-electron chi connectivity index (χ0n) is 15.9. The molecule has 0 unspecified atom stereocenters. The summed E-state index contributed by atoms with van der Waals surface area (Å²) in [4.78, 5) is 16.8. The van der Waals surface area contributed by atoms with Gasteiger partial charge >= 0.3 is 0 Å². The molecule has 0 fully saturated rings. The van der Waals surface area contributed by atoms with Crippen LogP contribution in [0.5, 0.6) is 5.75 Å². The van der Waals surface area contributed by atoms with Gasteiger partial charge in [-0.3, -0.25) is 4.79 Å². The van der Waals surface area contributed by atoms with E-state index < -0.39 is 0 Å². The molecule has 150 valence electrons. The summed E-state index contributed by atoms with van der Waals surface area (Å²) in [5, 5.41) is 3.81. The standard InChI is InChI=1S/C23H16Cl2N2O3/c1-29-18-8-3-15(4-9-18)23-27-20-10-7-17(13-21(20)30-23)26-22(28)11-5-14-2-6-16(24)12-19(14)25/h2-13H,1H3,(H,26,28)/b11-5+. The van der Waals surface area contributed by atoms with Crippen LogP contribution in [0.3, 0.4) is 0 Å². The zero-order chi connectivity index (χ0) is 21.1. The molecule has 1 aromatic heterocycles. The van der Waals surface area contributed by atoms with Crippen LogP contribution in [0.2, 0.25) is 10.0 Å². The molecule has 7 heteroatoms. The van der Waals surface area contributed by atoms with E-state index in [1.54, 1.807) is 49.6 Å². The SMILES string of the molecule is COc1ccc(-c2nc3ccc(NC(=O)/C=C/c4ccc(Cl)cc4Cl)cc3o2)cc1. The first-order valence-corrected chi connectivity index (χ1v) is 9.76. The van der Waals surface area contributed by atoms with E-state index in [4.69, 9.17) is 32.4 Å². The molecule has 0 aliphatic rings. The number of amides is 1. The van der Waals surface area contributed by atoms with Gasteiger partial charge in [-0.1, -0.05) is 29.3 Å². The molecule has 0 aliphatic heterocycles. The minimum atomic E-state index is -0.296. The second-order valence-corrected chi connectivity index (χ2v) is 7.26. The monoisotopic (exact) mass is 438 g/mol. The normalized spacial score (nSPS) is 11.2. The summed E-state index contributed by atoms with van der Waals surface area (Å²) in [6, 6.07) is 17.8. The Labute approximate surface area is 182 Å².